The third-order valence-corrected chi connectivity index (χ3v) is 4.28. The Morgan fingerprint density at radius 2 is 1.60 bits per heavy atom. The fourth-order valence-corrected chi connectivity index (χ4v) is 4.07. The molecule has 0 radical (unpaired) electrons. The monoisotopic (exact) mass is 476 g/mol. The highest BCUT2D eigenvalue weighted by atomic mass is 79.9. The highest BCUT2D eigenvalue weighted by molar-refractivity contribution is 9.11. The van der Waals surface area contributed by atoms with Gasteiger partial charge in [0.2, 0.25) is 0 Å². The van der Waals surface area contributed by atoms with Crippen LogP contribution in [0.15, 0.2) is 71.3 Å². The van der Waals surface area contributed by atoms with Crippen LogP contribution in [0.3, 0.4) is 0 Å². The van der Waals surface area contributed by atoms with E-state index in [1.54, 1.807) is 6.08 Å². The standard InChI is InChI=1S/C14H8Br3ClN2/c15-9-6-12(16)11(13(17)7-9)8-14(18)20-19-10-4-2-1-3-5-10/h1-8H/b14-8+,20-19?. The van der Waals surface area contributed by atoms with Gasteiger partial charge in [-0.3, -0.25) is 0 Å². The molecule has 2 aromatic carbocycles. The Labute approximate surface area is 147 Å². The van der Waals surface area contributed by atoms with Gasteiger partial charge >= 0.3 is 0 Å². The molecule has 2 aromatic rings. The first kappa shape index (κ1) is 15.9. The molecule has 0 N–H and O–H groups in total. The second kappa shape index (κ2) is 7.50. The summed E-state index contributed by atoms with van der Waals surface area (Å²) in [5.74, 6) is 0. The maximum atomic E-state index is 6.10. The molecule has 2 nitrogen and oxygen atoms in total. The van der Waals surface area contributed by atoms with Crippen LogP contribution in [0.25, 0.3) is 6.08 Å². The van der Waals surface area contributed by atoms with Gasteiger partial charge < -0.3 is 0 Å². The van der Waals surface area contributed by atoms with Gasteiger partial charge in [-0.25, -0.2) is 0 Å². The topological polar surface area (TPSA) is 24.7 Å². The van der Waals surface area contributed by atoms with Crippen LogP contribution in [0, 0.1) is 0 Å². The van der Waals surface area contributed by atoms with Crippen LogP contribution in [-0.2, 0) is 0 Å². The van der Waals surface area contributed by atoms with Crippen LogP contribution in [0.1, 0.15) is 5.56 Å². The summed E-state index contributed by atoms with van der Waals surface area (Å²) >= 11 is 16.5. The summed E-state index contributed by atoms with van der Waals surface area (Å²) < 4.78 is 2.79. The maximum Gasteiger partial charge on any atom is 0.152 e. The van der Waals surface area contributed by atoms with Crippen LogP contribution in [0.5, 0.6) is 0 Å². The van der Waals surface area contributed by atoms with E-state index in [0.717, 1.165) is 24.7 Å². The van der Waals surface area contributed by atoms with Crippen molar-refractivity contribution in [2.24, 2.45) is 10.2 Å². The highest BCUT2D eigenvalue weighted by Crippen LogP contribution is 2.32. The van der Waals surface area contributed by atoms with E-state index in [9.17, 15) is 0 Å². The van der Waals surface area contributed by atoms with Crippen LogP contribution in [-0.4, -0.2) is 0 Å². The molecule has 0 aromatic heterocycles. The lowest BCUT2D eigenvalue weighted by atomic mass is 10.2. The van der Waals surface area contributed by atoms with Gasteiger partial charge in [0.05, 0.1) is 5.69 Å². The Hall–Kier alpha value is -0.490. The van der Waals surface area contributed by atoms with Gasteiger partial charge in [0.1, 0.15) is 0 Å². The molecular formula is C14H8Br3ClN2. The molecule has 0 aliphatic carbocycles. The third kappa shape index (κ3) is 4.52. The van der Waals surface area contributed by atoms with Crippen molar-refractivity contribution in [1.82, 2.24) is 0 Å². The zero-order valence-corrected chi connectivity index (χ0v) is 15.5. The van der Waals surface area contributed by atoms with Gasteiger partial charge in [-0.05, 0) is 30.3 Å². The zero-order chi connectivity index (χ0) is 14.5. The maximum absolute atomic E-state index is 6.10. The average Bonchev–Trinajstić information content (AvgIpc) is 2.42. The predicted octanol–water partition coefficient (Wildman–Crippen LogP) is 7.30. The number of rotatable bonds is 3. The zero-order valence-electron chi connectivity index (χ0n) is 10.0. The van der Waals surface area contributed by atoms with Crippen molar-refractivity contribution in [3.05, 3.63) is 66.6 Å². The van der Waals surface area contributed by atoms with E-state index in [1.807, 2.05) is 42.5 Å². The summed E-state index contributed by atoms with van der Waals surface area (Å²) in [4.78, 5) is 0. The number of benzene rings is 2. The lowest BCUT2D eigenvalue weighted by molar-refractivity contribution is 1.21. The molecule has 6 heteroatoms. The van der Waals surface area contributed by atoms with Gasteiger partial charge in [0, 0.05) is 19.0 Å². The largest absolute Gasteiger partial charge is 0.152 e. The average molecular weight is 479 g/mol. The first-order valence-electron chi connectivity index (χ1n) is 5.55. The number of halogens is 4. The highest BCUT2D eigenvalue weighted by Gasteiger charge is 2.05. The lowest BCUT2D eigenvalue weighted by Crippen LogP contribution is -1.80. The first-order chi connectivity index (χ1) is 9.56. The Kier molecular flexibility index (Phi) is 5.96. The van der Waals surface area contributed by atoms with Gasteiger partial charge in [0.15, 0.2) is 5.16 Å². The van der Waals surface area contributed by atoms with Crippen molar-refractivity contribution in [3.63, 3.8) is 0 Å². The summed E-state index contributed by atoms with van der Waals surface area (Å²) in [6.07, 6.45) is 1.74. The molecule has 0 heterocycles. The fraction of sp³-hybridized carbons (Fsp3) is 0. The van der Waals surface area contributed by atoms with Crippen molar-refractivity contribution < 1.29 is 0 Å². The number of nitrogens with zero attached hydrogens (tertiary/aromatic N) is 2. The number of azo groups is 1. The summed E-state index contributed by atoms with van der Waals surface area (Å²) in [5, 5.41) is 8.36. The van der Waals surface area contributed by atoms with Gasteiger partial charge in [-0.2, -0.15) is 0 Å². The molecule has 0 aliphatic rings. The first-order valence-corrected chi connectivity index (χ1v) is 8.30. The van der Waals surface area contributed by atoms with Crippen molar-refractivity contribution in [2.75, 3.05) is 0 Å². The molecule has 0 amide bonds. The number of hydrogen-bond donors (Lipinski definition) is 0. The molecule has 20 heavy (non-hydrogen) atoms. The van der Waals surface area contributed by atoms with Crippen LogP contribution in [0.4, 0.5) is 5.69 Å². The summed E-state index contributed by atoms with van der Waals surface area (Å²) in [7, 11) is 0. The van der Waals surface area contributed by atoms with Gasteiger partial charge in [-0.1, -0.05) is 77.6 Å². The van der Waals surface area contributed by atoms with Crippen molar-refractivity contribution in [1.29, 1.82) is 0 Å². The molecule has 0 unspecified atom stereocenters. The minimum Gasteiger partial charge on any atom is -0.150 e. The Morgan fingerprint density at radius 3 is 2.20 bits per heavy atom. The Morgan fingerprint density at radius 1 is 1.00 bits per heavy atom. The smallest absolute Gasteiger partial charge is 0.150 e. The van der Waals surface area contributed by atoms with Crippen molar-refractivity contribution in [3.8, 4) is 0 Å². The normalized spacial score (nSPS) is 12.1. The minimum atomic E-state index is 0.303. The van der Waals surface area contributed by atoms with Crippen LogP contribution >= 0.6 is 59.4 Å². The summed E-state index contributed by atoms with van der Waals surface area (Å²) in [6, 6.07) is 13.3. The molecule has 0 aliphatic heterocycles. The molecule has 0 saturated carbocycles. The van der Waals surface area contributed by atoms with Crippen molar-refractivity contribution in [2.45, 2.75) is 0 Å². The fourth-order valence-electron chi connectivity index (χ4n) is 1.44. The Balaban J connectivity index is 2.25. The van der Waals surface area contributed by atoms with Crippen LogP contribution < -0.4 is 0 Å². The minimum absolute atomic E-state index is 0.303. The molecule has 102 valence electrons. The molecular weight excluding hydrogens is 471 g/mol. The van der Waals surface area contributed by atoms with Gasteiger partial charge in [0.25, 0.3) is 0 Å². The molecule has 0 saturated heterocycles. The Bertz CT molecular complexity index is 646. The lowest BCUT2D eigenvalue weighted by Gasteiger charge is -2.03. The third-order valence-electron chi connectivity index (χ3n) is 2.32. The van der Waals surface area contributed by atoms with E-state index in [4.69, 9.17) is 11.6 Å². The predicted molar refractivity (Wildman–Crippen MR) is 94.3 cm³/mol. The van der Waals surface area contributed by atoms with E-state index in [0.29, 0.717) is 5.16 Å². The molecule has 0 atom stereocenters. The van der Waals surface area contributed by atoms with E-state index >= 15 is 0 Å². The van der Waals surface area contributed by atoms with E-state index < -0.39 is 0 Å². The van der Waals surface area contributed by atoms with E-state index in [2.05, 4.69) is 58.0 Å². The van der Waals surface area contributed by atoms with Crippen molar-refractivity contribution >= 4 is 71.2 Å². The van der Waals surface area contributed by atoms with E-state index in [1.165, 1.54) is 0 Å². The summed E-state index contributed by atoms with van der Waals surface area (Å²) in [6.45, 7) is 0. The molecule has 2 rings (SSSR count). The SMILES string of the molecule is Cl/C(=C\c1c(Br)cc(Br)cc1Br)N=Nc1ccccc1. The second-order valence-electron chi connectivity index (χ2n) is 3.79. The van der Waals surface area contributed by atoms with Crippen LogP contribution in [0.2, 0.25) is 0 Å². The molecule has 0 spiro atoms. The number of hydrogen-bond acceptors (Lipinski definition) is 2. The molecule has 0 bridgehead atoms. The summed E-state index contributed by atoms with van der Waals surface area (Å²) in [5.41, 5.74) is 1.66. The molecule has 0 fully saturated rings. The quantitative estimate of drug-likeness (QED) is 0.326. The van der Waals surface area contributed by atoms with Gasteiger partial charge in [-0.15, -0.1) is 10.2 Å². The van der Waals surface area contributed by atoms with E-state index in [-0.39, 0.29) is 0 Å². The second-order valence-corrected chi connectivity index (χ2v) is 6.80.